The van der Waals surface area contributed by atoms with Crippen LogP contribution < -0.4 is 0 Å². The Balaban J connectivity index is 1.97. The summed E-state index contributed by atoms with van der Waals surface area (Å²) in [6.45, 7) is 4.33. The SMILES string of the molecule is CCOC(=O)C(=O)C1=C(N2CCOCC2)C(=Cc2ccc(F)cc2)CC1. The maximum absolute atomic E-state index is 13.1. The minimum Gasteiger partial charge on any atom is -0.460 e. The van der Waals surface area contributed by atoms with E-state index >= 15 is 0 Å². The summed E-state index contributed by atoms with van der Waals surface area (Å²) in [5.41, 5.74) is 3.14. The van der Waals surface area contributed by atoms with Gasteiger partial charge in [0.15, 0.2) is 0 Å². The number of esters is 1. The van der Waals surface area contributed by atoms with Gasteiger partial charge in [0.2, 0.25) is 0 Å². The van der Waals surface area contributed by atoms with Gasteiger partial charge in [0.1, 0.15) is 5.82 Å². The van der Waals surface area contributed by atoms with Crippen LogP contribution in [0.15, 0.2) is 41.1 Å². The third-order valence-corrected chi connectivity index (χ3v) is 4.51. The van der Waals surface area contributed by atoms with Crippen LogP contribution >= 0.6 is 0 Å². The molecule has 0 amide bonds. The minimum absolute atomic E-state index is 0.170. The molecule has 0 unspecified atom stereocenters. The highest BCUT2D eigenvalue weighted by Crippen LogP contribution is 2.36. The molecule has 0 atom stereocenters. The zero-order valence-corrected chi connectivity index (χ0v) is 14.8. The van der Waals surface area contributed by atoms with Crippen molar-refractivity contribution in [3.8, 4) is 0 Å². The molecule has 0 aromatic heterocycles. The normalized spacial score (nSPS) is 19.2. The maximum Gasteiger partial charge on any atom is 0.379 e. The number of hydrogen-bond donors (Lipinski definition) is 0. The molecular weight excluding hydrogens is 337 g/mol. The molecule has 0 spiro atoms. The van der Waals surface area contributed by atoms with E-state index in [0.29, 0.717) is 44.7 Å². The number of ketones is 1. The number of nitrogens with zero attached hydrogens (tertiary/aromatic N) is 1. The van der Waals surface area contributed by atoms with E-state index in [4.69, 9.17) is 9.47 Å². The van der Waals surface area contributed by atoms with E-state index in [9.17, 15) is 14.0 Å². The Labute approximate surface area is 152 Å². The van der Waals surface area contributed by atoms with Gasteiger partial charge in [-0.05, 0) is 49.1 Å². The van der Waals surface area contributed by atoms with Crippen LogP contribution in [0.4, 0.5) is 4.39 Å². The van der Waals surface area contributed by atoms with Crippen LogP contribution in [0.25, 0.3) is 6.08 Å². The van der Waals surface area contributed by atoms with Gasteiger partial charge >= 0.3 is 5.97 Å². The van der Waals surface area contributed by atoms with E-state index in [1.807, 2.05) is 6.08 Å². The monoisotopic (exact) mass is 359 g/mol. The first-order chi connectivity index (χ1) is 12.6. The highest BCUT2D eigenvalue weighted by Gasteiger charge is 2.33. The number of halogens is 1. The minimum atomic E-state index is -0.809. The highest BCUT2D eigenvalue weighted by molar-refractivity contribution is 6.40. The van der Waals surface area contributed by atoms with Gasteiger partial charge in [-0.1, -0.05) is 12.1 Å². The van der Waals surface area contributed by atoms with Crippen molar-refractivity contribution in [2.75, 3.05) is 32.9 Å². The molecule has 1 saturated heterocycles. The molecule has 1 fully saturated rings. The zero-order valence-electron chi connectivity index (χ0n) is 14.8. The highest BCUT2D eigenvalue weighted by atomic mass is 19.1. The molecule has 3 rings (SSSR count). The number of hydrogen-bond acceptors (Lipinski definition) is 5. The quantitative estimate of drug-likeness (QED) is 0.598. The summed E-state index contributed by atoms with van der Waals surface area (Å²) in [6.07, 6.45) is 3.11. The van der Waals surface area contributed by atoms with Crippen LogP contribution in [0, 0.1) is 5.82 Å². The van der Waals surface area contributed by atoms with Gasteiger partial charge in [-0.3, -0.25) is 4.79 Å². The van der Waals surface area contributed by atoms with Crippen molar-refractivity contribution in [1.29, 1.82) is 0 Å². The maximum atomic E-state index is 13.1. The number of Topliss-reactive ketones (excluding diaryl/α,β-unsaturated/α-hetero) is 1. The number of allylic oxidation sites excluding steroid dienone is 1. The summed E-state index contributed by atoms with van der Waals surface area (Å²) in [4.78, 5) is 26.6. The predicted molar refractivity (Wildman–Crippen MR) is 94.7 cm³/mol. The fraction of sp³-hybridized carbons (Fsp3) is 0.400. The second-order valence-corrected chi connectivity index (χ2v) is 6.20. The average molecular weight is 359 g/mol. The number of morpholine rings is 1. The molecule has 0 bridgehead atoms. The molecule has 1 aliphatic carbocycles. The van der Waals surface area contributed by atoms with Crippen LogP contribution in [-0.2, 0) is 19.1 Å². The zero-order chi connectivity index (χ0) is 18.5. The van der Waals surface area contributed by atoms with Crippen molar-refractivity contribution in [2.24, 2.45) is 0 Å². The standard InChI is InChI=1S/C20H22FNO4/c1-2-26-20(24)19(23)17-8-5-15(13-14-3-6-16(21)7-4-14)18(17)22-9-11-25-12-10-22/h3-4,6-7,13H,2,5,8-12H2,1H3. The Kier molecular flexibility index (Phi) is 5.83. The number of rotatable bonds is 5. The molecule has 0 radical (unpaired) electrons. The summed E-state index contributed by atoms with van der Waals surface area (Å²) >= 11 is 0. The van der Waals surface area contributed by atoms with E-state index in [1.54, 1.807) is 19.1 Å². The van der Waals surface area contributed by atoms with Crippen molar-refractivity contribution >= 4 is 17.8 Å². The molecule has 6 heteroatoms. The summed E-state index contributed by atoms with van der Waals surface area (Å²) in [6, 6.07) is 6.21. The largest absolute Gasteiger partial charge is 0.460 e. The lowest BCUT2D eigenvalue weighted by Crippen LogP contribution is -2.37. The Morgan fingerprint density at radius 1 is 1.19 bits per heavy atom. The number of benzene rings is 1. The third-order valence-electron chi connectivity index (χ3n) is 4.51. The molecule has 138 valence electrons. The van der Waals surface area contributed by atoms with E-state index < -0.39 is 11.8 Å². The molecule has 2 aliphatic rings. The average Bonchev–Trinajstić information content (AvgIpc) is 3.07. The second kappa shape index (κ2) is 8.27. The summed E-state index contributed by atoms with van der Waals surface area (Å²) < 4.78 is 23.4. The summed E-state index contributed by atoms with van der Waals surface area (Å²) in [7, 11) is 0. The van der Waals surface area contributed by atoms with Gasteiger partial charge in [-0.15, -0.1) is 0 Å². The van der Waals surface area contributed by atoms with Crippen molar-refractivity contribution in [1.82, 2.24) is 4.90 Å². The number of ether oxygens (including phenoxy) is 2. The third kappa shape index (κ3) is 4.02. The fourth-order valence-electron chi connectivity index (χ4n) is 3.31. The van der Waals surface area contributed by atoms with Crippen LogP contribution in [0.5, 0.6) is 0 Å². The van der Waals surface area contributed by atoms with Gasteiger partial charge < -0.3 is 14.4 Å². The smallest absolute Gasteiger partial charge is 0.379 e. The van der Waals surface area contributed by atoms with Gasteiger partial charge in [0, 0.05) is 24.4 Å². The van der Waals surface area contributed by atoms with E-state index in [1.165, 1.54) is 12.1 Å². The van der Waals surface area contributed by atoms with Crippen LogP contribution in [-0.4, -0.2) is 49.6 Å². The van der Waals surface area contributed by atoms with E-state index in [2.05, 4.69) is 4.90 Å². The molecular formula is C20H22FNO4. The first-order valence-corrected chi connectivity index (χ1v) is 8.84. The van der Waals surface area contributed by atoms with Crippen LogP contribution in [0.1, 0.15) is 25.3 Å². The molecule has 1 aliphatic heterocycles. The van der Waals surface area contributed by atoms with E-state index in [-0.39, 0.29) is 12.4 Å². The molecule has 26 heavy (non-hydrogen) atoms. The lowest BCUT2D eigenvalue weighted by Gasteiger charge is -2.31. The molecule has 5 nitrogen and oxygen atoms in total. The molecule has 1 heterocycles. The van der Waals surface area contributed by atoms with Gasteiger partial charge in [0.05, 0.1) is 19.8 Å². The number of carbonyl (C=O) groups excluding carboxylic acids is 2. The van der Waals surface area contributed by atoms with Crippen molar-refractivity contribution in [3.63, 3.8) is 0 Å². The van der Waals surface area contributed by atoms with Gasteiger partial charge in [-0.25, -0.2) is 9.18 Å². The summed E-state index contributed by atoms with van der Waals surface area (Å²) in [5, 5.41) is 0. The molecule has 0 saturated carbocycles. The van der Waals surface area contributed by atoms with Gasteiger partial charge in [-0.2, -0.15) is 0 Å². The molecule has 0 N–H and O–H groups in total. The van der Waals surface area contributed by atoms with Gasteiger partial charge in [0.25, 0.3) is 5.78 Å². The fourth-order valence-corrected chi connectivity index (χ4v) is 3.31. The van der Waals surface area contributed by atoms with E-state index in [0.717, 1.165) is 16.8 Å². The topological polar surface area (TPSA) is 55.8 Å². The Morgan fingerprint density at radius 2 is 1.88 bits per heavy atom. The first kappa shape index (κ1) is 18.3. The van der Waals surface area contributed by atoms with Crippen molar-refractivity contribution in [2.45, 2.75) is 19.8 Å². The second-order valence-electron chi connectivity index (χ2n) is 6.20. The predicted octanol–water partition coefficient (Wildman–Crippen LogP) is 2.72. The Hall–Kier alpha value is -2.47. The number of carbonyl (C=O) groups is 2. The lowest BCUT2D eigenvalue weighted by molar-refractivity contribution is -0.151. The Bertz CT molecular complexity index is 746. The molecule has 1 aromatic carbocycles. The summed E-state index contributed by atoms with van der Waals surface area (Å²) in [5.74, 6) is -1.67. The van der Waals surface area contributed by atoms with Crippen LogP contribution in [0.2, 0.25) is 0 Å². The van der Waals surface area contributed by atoms with Crippen molar-refractivity contribution in [3.05, 3.63) is 52.5 Å². The molecule has 1 aromatic rings. The lowest BCUT2D eigenvalue weighted by atomic mass is 10.1. The Morgan fingerprint density at radius 3 is 2.54 bits per heavy atom. The van der Waals surface area contributed by atoms with Crippen molar-refractivity contribution < 1.29 is 23.5 Å². The first-order valence-electron chi connectivity index (χ1n) is 8.84. The van der Waals surface area contributed by atoms with Crippen LogP contribution in [0.3, 0.4) is 0 Å².